The van der Waals surface area contributed by atoms with Crippen LogP contribution >= 0.6 is 0 Å². The van der Waals surface area contributed by atoms with E-state index >= 15 is 0 Å². The van der Waals surface area contributed by atoms with Crippen molar-refractivity contribution < 1.29 is 18.6 Å². The van der Waals surface area contributed by atoms with Crippen molar-refractivity contribution >= 4 is 5.82 Å². The van der Waals surface area contributed by atoms with Gasteiger partial charge in [0.1, 0.15) is 30.4 Å². The summed E-state index contributed by atoms with van der Waals surface area (Å²) in [6.07, 6.45) is 8.67. The Morgan fingerprint density at radius 3 is 2.62 bits per heavy atom. The van der Waals surface area contributed by atoms with Gasteiger partial charge in [0.05, 0.1) is 11.8 Å². The third-order valence-corrected chi connectivity index (χ3v) is 11.3. The van der Waals surface area contributed by atoms with Crippen LogP contribution in [0.5, 0.6) is 11.6 Å². The molecule has 3 atom stereocenters. The minimum Gasteiger partial charge on any atom is -0.434 e. The summed E-state index contributed by atoms with van der Waals surface area (Å²) in [5, 5.41) is 18.4. The second kappa shape index (κ2) is 12.3. The van der Waals surface area contributed by atoms with Gasteiger partial charge in [0.25, 0.3) is 5.88 Å². The Hall–Kier alpha value is -3.35. The van der Waals surface area contributed by atoms with Crippen molar-refractivity contribution in [3.05, 3.63) is 48.6 Å². The van der Waals surface area contributed by atoms with Gasteiger partial charge in [0.2, 0.25) is 0 Å². The van der Waals surface area contributed by atoms with E-state index in [1.54, 1.807) is 18.6 Å². The lowest BCUT2D eigenvalue weighted by Gasteiger charge is -2.58. The molecule has 5 aliphatic rings. The van der Waals surface area contributed by atoms with Crippen LogP contribution in [0.3, 0.4) is 0 Å². The quantitative estimate of drug-likeness (QED) is 0.347. The van der Waals surface area contributed by atoms with Gasteiger partial charge >= 0.3 is 0 Å². The maximum Gasteiger partial charge on any atom is 0.282 e. The number of halogens is 2. The molecule has 2 aromatic heterocycles. The fraction of sp³-hybridized carbons (Fsp3) is 0.629. The number of anilines is 1. The number of aromatic nitrogens is 5. The van der Waals surface area contributed by atoms with E-state index in [1.807, 2.05) is 0 Å². The molecular formula is C35H44F2N8O2. The van der Waals surface area contributed by atoms with Crippen LogP contribution in [0, 0.1) is 23.1 Å². The molecule has 10 nitrogen and oxygen atoms in total. The van der Waals surface area contributed by atoms with E-state index in [-0.39, 0.29) is 11.2 Å². The predicted octanol–water partition coefficient (Wildman–Crippen LogP) is 4.86. The van der Waals surface area contributed by atoms with Gasteiger partial charge < -0.3 is 14.7 Å². The summed E-state index contributed by atoms with van der Waals surface area (Å²) in [7, 11) is 0. The standard InChI is InChI=1S/C35H44F2N8O2/c1-21(2)32(23-11-25(12-23)43-9-7-28(37)29(46)15-43)45-17-35(18-45)8-10-44(16-35)33-34(42-41-20-40-33)47-30-6-5-24(36)13-26(30)27-14-38-19-39-31(27)22-3-4-22/h5-6,13-14,19-23,25,28-29,32,46H,3-4,7-12,15-18H2,1-2H3/t23?,25?,28?,29?,32-/m1/s1. The maximum absolute atomic E-state index is 14.5. The highest BCUT2D eigenvalue weighted by molar-refractivity contribution is 5.73. The highest BCUT2D eigenvalue weighted by Crippen LogP contribution is 2.49. The number of piperidine rings is 1. The highest BCUT2D eigenvalue weighted by Gasteiger charge is 2.53. The fourth-order valence-corrected chi connectivity index (χ4v) is 8.81. The first kappa shape index (κ1) is 31.0. The summed E-state index contributed by atoms with van der Waals surface area (Å²) in [6.45, 7) is 9.68. The van der Waals surface area contributed by atoms with Gasteiger partial charge in [-0.05, 0) is 68.6 Å². The number of β-amino-alcohol motifs (C(OH)–C–C–N with tert-alkyl or cyclic N) is 1. The van der Waals surface area contributed by atoms with Crippen molar-refractivity contribution in [2.45, 2.75) is 82.6 Å². The van der Waals surface area contributed by atoms with Crippen LogP contribution < -0.4 is 9.64 Å². The Morgan fingerprint density at radius 2 is 1.85 bits per heavy atom. The minimum absolute atomic E-state index is 0.188. The molecule has 3 aromatic rings. The number of likely N-dealkylation sites (tertiary alicyclic amines) is 2. The summed E-state index contributed by atoms with van der Waals surface area (Å²) < 4.78 is 34.8. The van der Waals surface area contributed by atoms with Crippen LogP contribution in [-0.2, 0) is 0 Å². The van der Waals surface area contributed by atoms with Crippen LogP contribution in [0.25, 0.3) is 11.1 Å². The Balaban J connectivity index is 0.938. The van der Waals surface area contributed by atoms with Gasteiger partial charge in [0.15, 0.2) is 5.82 Å². The van der Waals surface area contributed by atoms with Crippen LogP contribution in [0.4, 0.5) is 14.6 Å². The highest BCUT2D eigenvalue weighted by atomic mass is 19.1. The number of aliphatic hydroxyl groups excluding tert-OH is 1. The average molecular weight is 647 g/mol. The molecule has 250 valence electrons. The van der Waals surface area contributed by atoms with E-state index in [1.165, 1.54) is 18.5 Å². The van der Waals surface area contributed by atoms with Crippen molar-refractivity contribution in [2.75, 3.05) is 44.2 Å². The van der Waals surface area contributed by atoms with E-state index < -0.39 is 12.3 Å². The Bertz CT molecular complexity index is 1600. The molecule has 1 spiro atoms. The molecule has 2 saturated carbocycles. The zero-order valence-electron chi connectivity index (χ0n) is 27.2. The largest absolute Gasteiger partial charge is 0.434 e. The van der Waals surface area contributed by atoms with Crippen molar-refractivity contribution in [1.82, 2.24) is 34.9 Å². The first-order valence-electron chi connectivity index (χ1n) is 17.3. The van der Waals surface area contributed by atoms with E-state index in [4.69, 9.17) is 4.74 Å². The molecule has 2 unspecified atom stereocenters. The van der Waals surface area contributed by atoms with Gasteiger partial charge in [-0.3, -0.25) is 9.80 Å². The Labute approximate surface area is 274 Å². The van der Waals surface area contributed by atoms with Crippen molar-refractivity contribution in [2.24, 2.45) is 17.3 Å². The monoisotopic (exact) mass is 646 g/mol. The van der Waals surface area contributed by atoms with Gasteiger partial charge in [-0.1, -0.05) is 13.8 Å². The molecule has 12 heteroatoms. The third kappa shape index (κ3) is 5.97. The van der Waals surface area contributed by atoms with Gasteiger partial charge in [0, 0.05) is 80.0 Å². The molecule has 5 fully saturated rings. The topological polar surface area (TPSA) is 104 Å². The zero-order chi connectivity index (χ0) is 32.3. The van der Waals surface area contributed by atoms with E-state index in [2.05, 4.69) is 53.7 Å². The van der Waals surface area contributed by atoms with Crippen molar-refractivity contribution in [3.8, 4) is 22.8 Å². The summed E-state index contributed by atoms with van der Waals surface area (Å²) in [5.74, 6) is 2.60. The predicted molar refractivity (Wildman–Crippen MR) is 172 cm³/mol. The molecule has 2 aliphatic carbocycles. The van der Waals surface area contributed by atoms with Gasteiger partial charge in [-0.25, -0.2) is 23.7 Å². The fourth-order valence-electron chi connectivity index (χ4n) is 8.81. The number of rotatable bonds is 9. The van der Waals surface area contributed by atoms with E-state index in [0.29, 0.717) is 65.8 Å². The first-order chi connectivity index (χ1) is 22.8. The smallest absolute Gasteiger partial charge is 0.282 e. The minimum atomic E-state index is -1.08. The number of alkyl halides is 1. The lowest BCUT2D eigenvalue weighted by atomic mass is 9.68. The summed E-state index contributed by atoms with van der Waals surface area (Å²) in [6, 6.07) is 5.47. The first-order valence-corrected chi connectivity index (χ1v) is 17.3. The van der Waals surface area contributed by atoms with Crippen molar-refractivity contribution in [1.29, 1.82) is 0 Å². The normalized spacial score (nSPS) is 28.3. The second-order valence-electron chi connectivity index (χ2n) is 15.0. The van der Waals surface area contributed by atoms with E-state index in [0.717, 1.165) is 76.1 Å². The van der Waals surface area contributed by atoms with Crippen molar-refractivity contribution in [3.63, 3.8) is 0 Å². The molecule has 8 rings (SSSR count). The summed E-state index contributed by atoms with van der Waals surface area (Å²) in [4.78, 5) is 20.6. The number of benzene rings is 1. The molecular weight excluding hydrogens is 602 g/mol. The van der Waals surface area contributed by atoms with Gasteiger partial charge in [-0.15, -0.1) is 10.2 Å². The molecule has 3 aliphatic heterocycles. The SMILES string of the molecule is CC(C)[C@H](C1CC(N2CCC(F)C(O)C2)C1)N1CC2(CCN(c3ncnnc3Oc3ccc(F)cc3-c3cncnc3C3CC3)C2)C1. The number of hydrogen-bond donors (Lipinski definition) is 1. The second-order valence-corrected chi connectivity index (χ2v) is 15.0. The number of aliphatic hydroxyl groups is 1. The van der Waals surface area contributed by atoms with Crippen LogP contribution in [0.1, 0.15) is 64.0 Å². The number of hydrogen-bond acceptors (Lipinski definition) is 10. The molecule has 1 N–H and O–H groups in total. The van der Waals surface area contributed by atoms with Crippen LogP contribution in [-0.4, -0.2) is 104 Å². The molecule has 47 heavy (non-hydrogen) atoms. The Kier molecular flexibility index (Phi) is 8.08. The average Bonchev–Trinajstić information content (AvgIpc) is 3.78. The maximum atomic E-state index is 14.5. The Morgan fingerprint density at radius 1 is 1.02 bits per heavy atom. The van der Waals surface area contributed by atoms with E-state index in [9.17, 15) is 13.9 Å². The lowest BCUT2D eigenvalue weighted by molar-refractivity contribution is -0.0918. The van der Waals surface area contributed by atoms with Crippen LogP contribution in [0.15, 0.2) is 37.1 Å². The number of ether oxygens (including phenoxy) is 1. The summed E-state index contributed by atoms with van der Waals surface area (Å²) in [5.41, 5.74) is 2.48. The van der Waals surface area contributed by atoms with Gasteiger partial charge in [-0.2, -0.15) is 0 Å². The van der Waals surface area contributed by atoms with Crippen LogP contribution in [0.2, 0.25) is 0 Å². The lowest BCUT2D eigenvalue weighted by Crippen LogP contribution is -2.66. The molecule has 3 saturated heterocycles. The zero-order valence-corrected chi connectivity index (χ0v) is 27.2. The summed E-state index contributed by atoms with van der Waals surface area (Å²) >= 11 is 0. The molecule has 0 radical (unpaired) electrons. The number of nitrogens with zero attached hydrogens (tertiary/aromatic N) is 8. The third-order valence-electron chi connectivity index (χ3n) is 11.3. The molecule has 0 amide bonds. The molecule has 0 bridgehead atoms. The molecule has 5 heterocycles. The molecule has 1 aromatic carbocycles.